The van der Waals surface area contributed by atoms with Crippen LogP contribution in [0.5, 0.6) is 0 Å². The molecule has 0 aliphatic carbocycles. The molecule has 0 aliphatic heterocycles. The number of benzene rings is 1. The van der Waals surface area contributed by atoms with Crippen LogP contribution in [0.4, 0.5) is 5.69 Å². The molecule has 1 N–H and O–H groups in total. The van der Waals surface area contributed by atoms with Crippen LogP contribution in [0.1, 0.15) is 17.5 Å². The first-order valence-electron chi connectivity index (χ1n) is 4.56. The van der Waals surface area contributed by atoms with Gasteiger partial charge in [0.1, 0.15) is 12.1 Å². The summed E-state index contributed by atoms with van der Waals surface area (Å²) >= 11 is 3.94. The zero-order valence-electron chi connectivity index (χ0n) is 8.40. The molecular formula is C11H9N3OS. The molecule has 1 aromatic rings. The maximum Gasteiger partial charge on any atom is 0.225 e. The summed E-state index contributed by atoms with van der Waals surface area (Å²) in [5, 5.41) is 20.1. The van der Waals surface area contributed by atoms with Gasteiger partial charge in [0.25, 0.3) is 0 Å². The predicted molar refractivity (Wildman–Crippen MR) is 63.0 cm³/mol. The van der Waals surface area contributed by atoms with Crippen LogP contribution in [0.3, 0.4) is 0 Å². The first-order chi connectivity index (χ1) is 7.71. The Hall–Kier alpha value is -1.98. The highest BCUT2D eigenvalue weighted by Crippen LogP contribution is 2.14. The van der Waals surface area contributed by atoms with Crippen LogP contribution in [0.2, 0.25) is 0 Å². The van der Waals surface area contributed by atoms with Crippen molar-refractivity contribution in [3.63, 3.8) is 0 Å². The smallest absolute Gasteiger partial charge is 0.225 e. The van der Waals surface area contributed by atoms with Crippen LogP contribution in [-0.2, 0) is 4.79 Å². The molecular weight excluding hydrogens is 222 g/mol. The lowest BCUT2D eigenvalue weighted by Gasteiger charge is -2.04. The van der Waals surface area contributed by atoms with E-state index >= 15 is 0 Å². The van der Waals surface area contributed by atoms with Gasteiger partial charge in [0, 0.05) is 12.1 Å². The summed E-state index contributed by atoms with van der Waals surface area (Å²) in [6.45, 7) is 0. The van der Waals surface area contributed by atoms with Crippen LogP contribution in [-0.4, -0.2) is 11.7 Å². The second-order valence-corrected chi connectivity index (χ2v) is 3.45. The molecule has 0 aromatic heterocycles. The molecule has 0 spiro atoms. The van der Waals surface area contributed by atoms with Crippen LogP contribution >= 0.6 is 12.6 Å². The van der Waals surface area contributed by atoms with Gasteiger partial charge in [0.05, 0.1) is 11.1 Å². The molecule has 5 heteroatoms. The molecule has 80 valence electrons. The van der Waals surface area contributed by atoms with E-state index in [1.807, 2.05) is 12.1 Å². The molecule has 0 fully saturated rings. The summed E-state index contributed by atoms with van der Waals surface area (Å²) in [5.74, 6) is 0.302. The number of carbonyl (C=O) groups is 1. The summed E-state index contributed by atoms with van der Waals surface area (Å²) in [6, 6.07) is 8.39. The topological polar surface area (TPSA) is 76.7 Å². The SMILES string of the molecule is N#Cc1ccc(NC(=O)CCS)cc1C#N. The van der Waals surface area contributed by atoms with Crippen molar-refractivity contribution in [2.24, 2.45) is 0 Å². The first-order valence-corrected chi connectivity index (χ1v) is 5.19. The average molecular weight is 231 g/mol. The number of nitrogens with one attached hydrogen (secondary N) is 1. The van der Waals surface area contributed by atoms with E-state index in [1.165, 1.54) is 12.1 Å². The summed E-state index contributed by atoms with van der Waals surface area (Å²) in [6.07, 6.45) is 0.311. The average Bonchev–Trinajstić information content (AvgIpc) is 2.29. The fourth-order valence-electron chi connectivity index (χ4n) is 1.14. The first kappa shape index (κ1) is 12.1. The van der Waals surface area contributed by atoms with Crippen molar-refractivity contribution in [3.8, 4) is 12.1 Å². The Morgan fingerprint density at radius 2 is 2.00 bits per heavy atom. The molecule has 4 nitrogen and oxygen atoms in total. The van der Waals surface area contributed by atoms with Gasteiger partial charge in [-0.3, -0.25) is 4.79 Å². The van der Waals surface area contributed by atoms with Crippen molar-refractivity contribution < 1.29 is 4.79 Å². The number of amides is 1. The molecule has 0 heterocycles. The minimum atomic E-state index is -0.163. The van der Waals surface area contributed by atoms with E-state index in [1.54, 1.807) is 6.07 Å². The van der Waals surface area contributed by atoms with Gasteiger partial charge in [-0.1, -0.05) is 0 Å². The number of thiol groups is 1. The van der Waals surface area contributed by atoms with Crippen LogP contribution in [0, 0.1) is 22.7 Å². The van der Waals surface area contributed by atoms with Crippen molar-refractivity contribution in [3.05, 3.63) is 29.3 Å². The van der Waals surface area contributed by atoms with E-state index in [0.29, 0.717) is 23.4 Å². The van der Waals surface area contributed by atoms with E-state index in [4.69, 9.17) is 10.5 Å². The molecule has 1 aromatic carbocycles. The minimum absolute atomic E-state index is 0.163. The lowest BCUT2D eigenvalue weighted by molar-refractivity contribution is -0.115. The third-order valence-corrected chi connectivity index (χ3v) is 2.11. The Morgan fingerprint density at radius 1 is 1.31 bits per heavy atom. The van der Waals surface area contributed by atoms with E-state index in [9.17, 15) is 4.79 Å². The van der Waals surface area contributed by atoms with Gasteiger partial charge in [-0.25, -0.2) is 0 Å². The second kappa shape index (κ2) is 5.79. The number of hydrogen-bond donors (Lipinski definition) is 2. The number of carbonyl (C=O) groups excluding carboxylic acids is 1. The molecule has 0 radical (unpaired) electrons. The second-order valence-electron chi connectivity index (χ2n) is 3.01. The Bertz CT molecular complexity index is 485. The minimum Gasteiger partial charge on any atom is -0.326 e. The fraction of sp³-hybridized carbons (Fsp3) is 0.182. The largest absolute Gasteiger partial charge is 0.326 e. The third-order valence-electron chi connectivity index (χ3n) is 1.88. The van der Waals surface area contributed by atoms with Gasteiger partial charge in [0.2, 0.25) is 5.91 Å². The van der Waals surface area contributed by atoms with Crippen molar-refractivity contribution in [1.29, 1.82) is 10.5 Å². The summed E-state index contributed by atoms with van der Waals surface area (Å²) in [5.41, 5.74) is 1.07. The van der Waals surface area contributed by atoms with Crippen LogP contribution < -0.4 is 5.32 Å². The van der Waals surface area contributed by atoms with E-state index in [-0.39, 0.29) is 11.5 Å². The lowest BCUT2D eigenvalue weighted by Crippen LogP contribution is -2.11. The Kier molecular flexibility index (Phi) is 4.38. The molecule has 0 atom stereocenters. The quantitative estimate of drug-likeness (QED) is 0.777. The number of hydrogen-bond acceptors (Lipinski definition) is 4. The highest BCUT2D eigenvalue weighted by molar-refractivity contribution is 7.80. The van der Waals surface area contributed by atoms with Gasteiger partial charge in [-0.2, -0.15) is 23.2 Å². The van der Waals surface area contributed by atoms with Crippen LogP contribution in [0.25, 0.3) is 0 Å². The number of rotatable bonds is 3. The van der Waals surface area contributed by atoms with Crippen LogP contribution in [0.15, 0.2) is 18.2 Å². The van der Waals surface area contributed by atoms with Crippen molar-refractivity contribution >= 4 is 24.2 Å². The summed E-state index contributed by atoms with van der Waals surface area (Å²) in [4.78, 5) is 11.3. The summed E-state index contributed by atoms with van der Waals surface area (Å²) in [7, 11) is 0. The molecule has 0 bridgehead atoms. The molecule has 0 saturated heterocycles. The van der Waals surface area contributed by atoms with Gasteiger partial charge in [-0.05, 0) is 24.0 Å². The Labute approximate surface area is 98.9 Å². The molecule has 0 unspecified atom stereocenters. The van der Waals surface area contributed by atoms with E-state index < -0.39 is 0 Å². The maximum absolute atomic E-state index is 11.3. The van der Waals surface area contributed by atoms with Gasteiger partial charge >= 0.3 is 0 Å². The van der Waals surface area contributed by atoms with Gasteiger partial charge < -0.3 is 5.32 Å². The van der Waals surface area contributed by atoms with E-state index in [0.717, 1.165) is 0 Å². The highest BCUT2D eigenvalue weighted by Gasteiger charge is 2.05. The molecule has 0 saturated carbocycles. The predicted octanol–water partition coefficient (Wildman–Crippen LogP) is 1.69. The standard InChI is InChI=1S/C11H9N3OS/c12-6-8-1-2-10(5-9(8)7-13)14-11(15)3-4-16/h1-2,5,16H,3-4H2,(H,14,15). The number of nitriles is 2. The molecule has 16 heavy (non-hydrogen) atoms. The van der Waals surface area contributed by atoms with Crippen molar-refractivity contribution in [2.45, 2.75) is 6.42 Å². The molecule has 0 aliphatic rings. The monoisotopic (exact) mass is 231 g/mol. The molecule has 1 amide bonds. The fourth-order valence-corrected chi connectivity index (χ4v) is 1.34. The van der Waals surface area contributed by atoms with E-state index in [2.05, 4.69) is 17.9 Å². The van der Waals surface area contributed by atoms with Crippen molar-refractivity contribution in [1.82, 2.24) is 0 Å². The van der Waals surface area contributed by atoms with Crippen molar-refractivity contribution in [2.75, 3.05) is 11.1 Å². The third kappa shape index (κ3) is 3.01. The lowest BCUT2D eigenvalue weighted by atomic mass is 10.1. The molecule has 1 rings (SSSR count). The Balaban J connectivity index is 2.89. The number of anilines is 1. The van der Waals surface area contributed by atoms with Gasteiger partial charge in [0.15, 0.2) is 0 Å². The zero-order chi connectivity index (χ0) is 12.0. The normalized spacial score (nSPS) is 8.94. The highest BCUT2D eigenvalue weighted by atomic mass is 32.1. The van der Waals surface area contributed by atoms with Gasteiger partial charge in [-0.15, -0.1) is 0 Å². The Morgan fingerprint density at radius 3 is 2.56 bits per heavy atom. The maximum atomic E-state index is 11.3. The number of nitrogens with zero attached hydrogens (tertiary/aromatic N) is 2. The summed E-state index contributed by atoms with van der Waals surface area (Å²) < 4.78 is 0. The zero-order valence-corrected chi connectivity index (χ0v) is 9.29.